The first kappa shape index (κ1) is 15.1. The van der Waals surface area contributed by atoms with Gasteiger partial charge < -0.3 is 5.11 Å². The van der Waals surface area contributed by atoms with Crippen LogP contribution >= 0.6 is 0 Å². The Kier molecular flexibility index (Phi) is 4.55. The van der Waals surface area contributed by atoms with Crippen LogP contribution in [0.3, 0.4) is 0 Å². The second-order valence-electron chi connectivity index (χ2n) is 6.36. The highest BCUT2D eigenvalue weighted by molar-refractivity contribution is 5.06. The molecule has 1 aliphatic heterocycles. The van der Waals surface area contributed by atoms with Gasteiger partial charge in [-0.05, 0) is 0 Å². The molecule has 0 amide bonds. The topological polar surface area (TPSA) is 56.4 Å². The zero-order chi connectivity index (χ0) is 14.8. The molecule has 0 radical (unpaired) electrons. The molecule has 1 saturated heterocycles. The van der Waals surface area contributed by atoms with Gasteiger partial charge in [-0.25, -0.2) is 4.98 Å². The summed E-state index contributed by atoms with van der Waals surface area (Å²) in [4.78, 5) is 8.76. The molecule has 0 aliphatic carbocycles. The molecule has 1 N–H and O–H groups in total. The summed E-state index contributed by atoms with van der Waals surface area (Å²) in [5.74, 6) is 0.801. The summed E-state index contributed by atoms with van der Waals surface area (Å²) in [7, 11) is 0. The Labute approximate surface area is 121 Å². The van der Waals surface area contributed by atoms with Crippen molar-refractivity contribution in [1.29, 1.82) is 0 Å². The van der Waals surface area contributed by atoms with Gasteiger partial charge in [0.25, 0.3) is 6.20 Å². The van der Waals surface area contributed by atoms with E-state index >= 15 is 0 Å². The van der Waals surface area contributed by atoms with E-state index in [2.05, 4.69) is 40.8 Å². The number of nitrogens with zero attached hydrogens (tertiary/aromatic N) is 5. The number of aliphatic hydroxyl groups is 1. The molecule has 2 heterocycles. The fraction of sp³-hybridized carbons (Fsp3) is 0.786. The second-order valence-corrected chi connectivity index (χ2v) is 6.36. The molecule has 0 aromatic carbocycles. The normalized spacial score (nSPS) is 17.6. The van der Waals surface area contributed by atoms with Crippen LogP contribution in [-0.2, 0) is 5.41 Å². The molecular formula is C14H26N5O+. The number of hydrogen-bond acceptors (Lipinski definition) is 5. The Morgan fingerprint density at radius 3 is 2.45 bits per heavy atom. The number of aryl methyl sites for hydroxylation is 1. The third kappa shape index (κ3) is 3.64. The first-order valence-corrected chi connectivity index (χ1v) is 7.27. The lowest BCUT2D eigenvalue weighted by Gasteiger charge is -2.30. The molecule has 1 aromatic rings. The van der Waals surface area contributed by atoms with Gasteiger partial charge in [-0.1, -0.05) is 20.8 Å². The first-order valence-electron chi connectivity index (χ1n) is 7.27. The van der Waals surface area contributed by atoms with Crippen molar-refractivity contribution in [3.05, 3.63) is 17.7 Å². The number of hydrogen-bond donors (Lipinski definition) is 1. The molecular weight excluding hydrogens is 254 g/mol. The van der Waals surface area contributed by atoms with Crippen LogP contribution in [0.1, 0.15) is 32.3 Å². The van der Waals surface area contributed by atoms with E-state index in [0.717, 1.165) is 44.2 Å². The van der Waals surface area contributed by atoms with Crippen LogP contribution in [0, 0.1) is 6.92 Å². The van der Waals surface area contributed by atoms with Gasteiger partial charge in [0.05, 0.1) is 19.7 Å². The molecule has 2 rings (SSSR count). The number of piperazine rings is 1. The minimum absolute atomic E-state index is 0.0220. The van der Waals surface area contributed by atoms with Crippen molar-refractivity contribution in [2.24, 2.45) is 0 Å². The molecule has 0 unspecified atom stereocenters. The minimum Gasteiger partial charge on any atom is -0.395 e. The lowest BCUT2D eigenvalue weighted by Crippen LogP contribution is -2.67. The van der Waals surface area contributed by atoms with Crippen LogP contribution in [0.2, 0.25) is 0 Å². The van der Waals surface area contributed by atoms with E-state index in [0.29, 0.717) is 0 Å². The molecule has 112 valence electrons. The molecule has 1 fully saturated rings. The van der Waals surface area contributed by atoms with Gasteiger partial charge in [-0.3, -0.25) is 4.90 Å². The fourth-order valence-corrected chi connectivity index (χ4v) is 2.33. The molecule has 6 nitrogen and oxygen atoms in total. The summed E-state index contributed by atoms with van der Waals surface area (Å²) in [6, 6.07) is 0. The van der Waals surface area contributed by atoms with Gasteiger partial charge in [0.1, 0.15) is 5.69 Å². The molecule has 1 aliphatic rings. The number of aliphatic hydroxyl groups excluding tert-OH is 1. The van der Waals surface area contributed by atoms with Crippen LogP contribution in [-0.4, -0.2) is 59.4 Å². The molecule has 0 saturated carbocycles. The Hall–Kier alpha value is -1.27. The summed E-state index contributed by atoms with van der Waals surface area (Å²) in [5, 5.41) is 15.7. The van der Waals surface area contributed by atoms with Crippen molar-refractivity contribution >= 4 is 0 Å². The third-order valence-corrected chi connectivity index (χ3v) is 3.59. The van der Waals surface area contributed by atoms with Gasteiger partial charge in [0, 0.05) is 41.9 Å². The van der Waals surface area contributed by atoms with E-state index in [4.69, 9.17) is 5.11 Å². The Morgan fingerprint density at radius 2 is 1.90 bits per heavy atom. The number of β-amino-alcohol motifs (C(OH)–C–C–N with tert-alkyl or cyclic N) is 1. The van der Waals surface area contributed by atoms with Crippen molar-refractivity contribution in [1.82, 2.24) is 15.0 Å². The van der Waals surface area contributed by atoms with Gasteiger partial charge in [0.2, 0.25) is 0 Å². The highest BCUT2D eigenvalue weighted by atomic mass is 16.3. The lowest BCUT2D eigenvalue weighted by molar-refractivity contribution is -0.752. The highest BCUT2D eigenvalue weighted by Gasteiger charge is 2.27. The van der Waals surface area contributed by atoms with Gasteiger partial charge >= 0.3 is 0 Å². The van der Waals surface area contributed by atoms with Crippen LogP contribution < -0.4 is 9.80 Å². The van der Waals surface area contributed by atoms with E-state index in [9.17, 15) is 0 Å². The zero-order valence-electron chi connectivity index (χ0n) is 13.0. The molecule has 0 atom stereocenters. The average Bonchev–Trinajstić information content (AvgIpc) is 2.38. The van der Waals surface area contributed by atoms with E-state index in [1.807, 2.05) is 17.9 Å². The summed E-state index contributed by atoms with van der Waals surface area (Å²) in [6.45, 7) is 13.2. The maximum absolute atomic E-state index is 8.98. The van der Waals surface area contributed by atoms with Crippen molar-refractivity contribution < 1.29 is 9.90 Å². The summed E-state index contributed by atoms with van der Waals surface area (Å²) >= 11 is 0. The Morgan fingerprint density at radius 1 is 1.25 bits per heavy atom. The van der Waals surface area contributed by atoms with E-state index in [-0.39, 0.29) is 12.0 Å². The highest BCUT2D eigenvalue weighted by Crippen LogP contribution is 2.17. The van der Waals surface area contributed by atoms with Crippen molar-refractivity contribution in [2.75, 3.05) is 44.3 Å². The maximum Gasteiger partial charge on any atom is 0.252 e. The third-order valence-electron chi connectivity index (χ3n) is 3.59. The lowest BCUT2D eigenvalue weighted by atomic mass is 9.93. The smallest absolute Gasteiger partial charge is 0.252 e. The number of aromatic nitrogens is 3. The fourth-order valence-electron chi connectivity index (χ4n) is 2.33. The minimum atomic E-state index is 0.0220. The van der Waals surface area contributed by atoms with Gasteiger partial charge in [-0.2, -0.15) is 5.01 Å². The summed E-state index contributed by atoms with van der Waals surface area (Å²) in [6.07, 6.45) is 2.04. The van der Waals surface area contributed by atoms with Crippen LogP contribution in [0.5, 0.6) is 0 Å². The SMILES string of the molecule is Cc1nc(C(C)(C)C)c[n+](N2CCN(CCO)CC2)n1. The van der Waals surface area contributed by atoms with Crippen molar-refractivity contribution in [3.8, 4) is 0 Å². The first-order chi connectivity index (χ1) is 9.40. The maximum atomic E-state index is 8.98. The predicted molar refractivity (Wildman–Crippen MR) is 77.1 cm³/mol. The molecule has 20 heavy (non-hydrogen) atoms. The number of rotatable bonds is 3. The van der Waals surface area contributed by atoms with Gasteiger partial charge in [-0.15, -0.1) is 0 Å². The van der Waals surface area contributed by atoms with E-state index < -0.39 is 0 Å². The molecule has 0 bridgehead atoms. The molecule has 6 heteroatoms. The van der Waals surface area contributed by atoms with Gasteiger partial charge in [0.15, 0.2) is 5.82 Å². The van der Waals surface area contributed by atoms with Crippen molar-refractivity contribution in [3.63, 3.8) is 0 Å². The molecule has 0 spiro atoms. The predicted octanol–water partition coefficient (Wildman–Crippen LogP) is -0.384. The zero-order valence-corrected chi connectivity index (χ0v) is 13.0. The Balaban J connectivity index is 2.12. The monoisotopic (exact) mass is 280 g/mol. The van der Waals surface area contributed by atoms with E-state index in [1.165, 1.54) is 0 Å². The largest absolute Gasteiger partial charge is 0.395 e. The average molecular weight is 280 g/mol. The van der Waals surface area contributed by atoms with E-state index in [1.54, 1.807) is 0 Å². The van der Waals surface area contributed by atoms with Crippen LogP contribution in [0.25, 0.3) is 0 Å². The van der Waals surface area contributed by atoms with Crippen LogP contribution in [0.4, 0.5) is 0 Å². The van der Waals surface area contributed by atoms with Crippen molar-refractivity contribution in [2.45, 2.75) is 33.1 Å². The second kappa shape index (κ2) is 6.01. The quantitative estimate of drug-likeness (QED) is 0.765. The molecule has 1 aromatic heterocycles. The standard InChI is InChI=1S/C14H26N5O/c1-12-15-13(14(2,3)4)11-19(16-12)18-7-5-17(6-8-18)9-10-20/h11,20H,5-10H2,1-4H3/q+1. The summed E-state index contributed by atoms with van der Waals surface area (Å²) < 4.78 is 0. The summed E-state index contributed by atoms with van der Waals surface area (Å²) in [5.41, 5.74) is 1.08. The Bertz CT molecular complexity index is 449. The van der Waals surface area contributed by atoms with Crippen LogP contribution in [0.15, 0.2) is 6.20 Å².